The number of rotatable bonds is 7. The molecule has 29 heavy (non-hydrogen) atoms. The Bertz CT molecular complexity index is 889. The zero-order valence-corrected chi connectivity index (χ0v) is 15.5. The molecule has 6 nitrogen and oxygen atoms in total. The Morgan fingerprint density at radius 1 is 1.07 bits per heavy atom. The molecular formula is C19H18F4N2O4. The van der Waals surface area contributed by atoms with Gasteiger partial charge in [0.15, 0.2) is 0 Å². The number of nitrogens with one attached hydrogen (secondary N) is 2. The maximum atomic E-state index is 14.1. The Morgan fingerprint density at radius 2 is 1.76 bits per heavy atom. The van der Waals surface area contributed by atoms with E-state index in [4.69, 9.17) is 4.74 Å². The first kappa shape index (κ1) is 22.0. The number of methoxy groups -OCH3 is 1. The lowest BCUT2D eigenvalue weighted by atomic mass is 10.1. The van der Waals surface area contributed by atoms with E-state index in [-0.39, 0.29) is 18.0 Å². The molecule has 0 bridgehead atoms. The van der Waals surface area contributed by atoms with Gasteiger partial charge in [-0.1, -0.05) is 18.2 Å². The highest BCUT2D eigenvalue weighted by Gasteiger charge is 2.64. The van der Waals surface area contributed by atoms with E-state index in [2.05, 4.69) is 4.74 Å². The molecule has 10 heteroatoms. The van der Waals surface area contributed by atoms with Crippen LogP contribution in [0.25, 0.3) is 0 Å². The predicted molar refractivity (Wildman–Crippen MR) is 95.9 cm³/mol. The van der Waals surface area contributed by atoms with Gasteiger partial charge in [-0.3, -0.25) is 4.79 Å². The summed E-state index contributed by atoms with van der Waals surface area (Å²) in [6, 6.07) is 9.53. The van der Waals surface area contributed by atoms with Crippen molar-refractivity contribution >= 4 is 17.6 Å². The summed E-state index contributed by atoms with van der Waals surface area (Å²) in [4.78, 5) is 24.9. The van der Waals surface area contributed by atoms with Crippen LogP contribution in [-0.4, -0.2) is 37.4 Å². The number of amides is 1. The minimum atomic E-state index is -5.33. The van der Waals surface area contributed by atoms with Crippen molar-refractivity contribution in [1.82, 2.24) is 5.32 Å². The number of carbonyl (C=O) groups is 2. The zero-order valence-electron chi connectivity index (χ0n) is 15.5. The molecule has 2 aromatic rings. The van der Waals surface area contributed by atoms with Crippen molar-refractivity contribution < 1.29 is 36.6 Å². The van der Waals surface area contributed by atoms with E-state index in [1.807, 2.05) is 5.32 Å². The summed E-state index contributed by atoms with van der Waals surface area (Å²) in [5, 5.41) is 3.63. The molecule has 0 unspecified atom stereocenters. The highest BCUT2D eigenvalue weighted by Crippen LogP contribution is 2.36. The van der Waals surface area contributed by atoms with Crippen molar-refractivity contribution in [2.45, 2.75) is 18.8 Å². The first-order valence-electron chi connectivity index (χ1n) is 8.38. The van der Waals surface area contributed by atoms with Crippen LogP contribution in [0.1, 0.15) is 17.3 Å². The molecule has 0 saturated carbocycles. The molecule has 0 aliphatic rings. The zero-order chi connectivity index (χ0) is 21.7. The van der Waals surface area contributed by atoms with Crippen LogP contribution in [-0.2, 0) is 9.53 Å². The molecule has 1 amide bonds. The standard InChI is InChI=1S/C19H18F4N2O4/c1-3-29-17(27)18(19(21,22)23,24-14-9-4-5-10-15(14)28-2)25-16(26)12-7-6-8-13(20)11-12/h4-11,24H,3H2,1-2H3,(H,25,26)/t18-/m1/s1. The first-order chi connectivity index (χ1) is 13.6. The molecule has 0 fully saturated rings. The highest BCUT2D eigenvalue weighted by molar-refractivity contribution is 5.99. The summed E-state index contributed by atoms with van der Waals surface area (Å²) in [7, 11) is 1.23. The lowest BCUT2D eigenvalue weighted by Crippen LogP contribution is -2.69. The van der Waals surface area contributed by atoms with Crippen molar-refractivity contribution in [3.8, 4) is 5.75 Å². The maximum Gasteiger partial charge on any atom is 0.441 e. The van der Waals surface area contributed by atoms with Crippen molar-refractivity contribution in [3.63, 3.8) is 0 Å². The molecule has 2 aromatic carbocycles. The number of hydrogen-bond acceptors (Lipinski definition) is 5. The van der Waals surface area contributed by atoms with E-state index in [1.165, 1.54) is 38.3 Å². The molecule has 0 saturated heterocycles. The molecule has 1 atom stereocenters. The van der Waals surface area contributed by atoms with Crippen LogP contribution in [0.5, 0.6) is 5.75 Å². The highest BCUT2D eigenvalue weighted by atomic mass is 19.4. The largest absolute Gasteiger partial charge is 0.495 e. The summed E-state index contributed by atoms with van der Waals surface area (Å²) in [6.07, 6.45) is -5.33. The summed E-state index contributed by atoms with van der Waals surface area (Å²) in [5.74, 6) is -3.96. The number of halogens is 4. The SMILES string of the molecule is CCOC(=O)[C@](NC(=O)c1cccc(F)c1)(Nc1ccccc1OC)C(F)(F)F. The molecule has 2 rings (SSSR count). The first-order valence-corrected chi connectivity index (χ1v) is 8.38. The van der Waals surface area contributed by atoms with Crippen LogP contribution in [0, 0.1) is 5.82 Å². The predicted octanol–water partition coefficient (Wildman–Crippen LogP) is 3.50. The number of carbonyl (C=O) groups excluding carboxylic acids is 2. The van der Waals surface area contributed by atoms with E-state index in [1.54, 1.807) is 5.32 Å². The lowest BCUT2D eigenvalue weighted by Gasteiger charge is -2.35. The summed E-state index contributed by atoms with van der Waals surface area (Å²) in [5.41, 5.74) is -4.29. The van der Waals surface area contributed by atoms with Gasteiger partial charge < -0.3 is 20.1 Å². The van der Waals surface area contributed by atoms with Gasteiger partial charge >= 0.3 is 17.8 Å². The number of esters is 1. The average Bonchev–Trinajstić information content (AvgIpc) is 2.67. The molecule has 0 spiro atoms. The number of para-hydroxylation sites is 2. The third-order valence-electron chi connectivity index (χ3n) is 3.82. The molecule has 0 aliphatic heterocycles. The fourth-order valence-electron chi connectivity index (χ4n) is 2.45. The van der Waals surface area contributed by atoms with Crippen LogP contribution in [0.15, 0.2) is 48.5 Å². The Kier molecular flexibility index (Phi) is 6.68. The number of alkyl halides is 3. The Hall–Kier alpha value is -3.30. The average molecular weight is 414 g/mol. The van der Waals surface area contributed by atoms with Gasteiger partial charge in [-0.15, -0.1) is 0 Å². The molecule has 0 aromatic heterocycles. The summed E-state index contributed by atoms with van der Waals surface area (Å²) in [6.45, 7) is 0.941. The number of ether oxygens (including phenoxy) is 2. The van der Waals surface area contributed by atoms with Gasteiger partial charge in [-0.25, -0.2) is 9.18 Å². The second-order valence-corrected chi connectivity index (χ2v) is 5.76. The van der Waals surface area contributed by atoms with Crippen molar-refractivity contribution in [2.24, 2.45) is 0 Å². The summed E-state index contributed by atoms with van der Waals surface area (Å²) < 4.78 is 65.4. The van der Waals surface area contributed by atoms with E-state index < -0.39 is 35.1 Å². The van der Waals surface area contributed by atoms with Crippen LogP contribution in [0.4, 0.5) is 23.2 Å². The Balaban J connectivity index is 2.56. The van der Waals surface area contributed by atoms with Crippen molar-refractivity contribution in [1.29, 1.82) is 0 Å². The second-order valence-electron chi connectivity index (χ2n) is 5.76. The monoisotopic (exact) mass is 414 g/mol. The topological polar surface area (TPSA) is 76.7 Å². The molecular weight excluding hydrogens is 396 g/mol. The van der Waals surface area contributed by atoms with Gasteiger partial charge in [0.2, 0.25) is 0 Å². The van der Waals surface area contributed by atoms with E-state index >= 15 is 0 Å². The van der Waals surface area contributed by atoms with E-state index in [0.29, 0.717) is 0 Å². The van der Waals surface area contributed by atoms with Crippen molar-refractivity contribution in [2.75, 3.05) is 19.0 Å². The van der Waals surface area contributed by atoms with Crippen LogP contribution < -0.4 is 15.4 Å². The molecule has 0 aliphatic carbocycles. The van der Waals surface area contributed by atoms with Crippen LogP contribution in [0.3, 0.4) is 0 Å². The van der Waals surface area contributed by atoms with Gasteiger partial charge in [-0.2, -0.15) is 13.2 Å². The van der Waals surface area contributed by atoms with Crippen LogP contribution >= 0.6 is 0 Å². The molecule has 0 heterocycles. The van der Waals surface area contributed by atoms with Crippen molar-refractivity contribution in [3.05, 3.63) is 59.9 Å². The second kappa shape index (κ2) is 8.80. The maximum absolute atomic E-state index is 14.1. The fraction of sp³-hybridized carbons (Fsp3) is 0.263. The van der Waals surface area contributed by atoms with Gasteiger partial charge in [0, 0.05) is 5.56 Å². The smallest absolute Gasteiger partial charge is 0.441 e. The number of benzene rings is 2. The molecule has 156 valence electrons. The lowest BCUT2D eigenvalue weighted by molar-refractivity contribution is -0.204. The third kappa shape index (κ3) is 4.76. The summed E-state index contributed by atoms with van der Waals surface area (Å²) >= 11 is 0. The van der Waals surface area contributed by atoms with Gasteiger partial charge in [0.25, 0.3) is 5.91 Å². The number of hydrogen-bond donors (Lipinski definition) is 2. The third-order valence-corrected chi connectivity index (χ3v) is 3.82. The number of anilines is 1. The minimum absolute atomic E-state index is 0.00886. The quantitative estimate of drug-likeness (QED) is 0.412. The molecule has 0 radical (unpaired) electrons. The normalized spacial score (nSPS) is 13.2. The Morgan fingerprint density at radius 3 is 2.34 bits per heavy atom. The van der Waals surface area contributed by atoms with Gasteiger partial charge in [0.05, 0.1) is 19.4 Å². The molecule has 2 N–H and O–H groups in total. The fourth-order valence-corrected chi connectivity index (χ4v) is 2.45. The van der Waals surface area contributed by atoms with Crippen LogP contribution in [0.2, 0.25) is 0 Å². The van der Waals surface area contributed by atoms with E-state index in [0.717, 1.165) is 24.3 Å². The Labute approximate surface area is 163 Å². The minimum Gasteiger partial charge on any atom is -0.495 e. The van der Waals surface area contributed by atoms with Gasteiger partial charge in [-0.05, 0) is 37.3 Å². The van der Waals surface area contributed by atoms with E-state index in [9.17, 15) is 27.2 Å². The van der Waals surface area contributed by atoms with Gasteiger partial charge in [0.1, 0.15) is 11.6 Å².